The molecule has 2 aromatic carbocycles. The number of nitrogens with one attached hydrogen (secondary N) is 2. The minimum atomic E-state index is -1.63. The summed E-state index contributed by atoms with van der Waals surface area (Å²) in [6, 6.07) is 20.2. The summed E-state index contributed by atoms with van der Waals surface area (Å²) in [5.41, 5.74) is 12.2. The number of fused-ring (bicyclic) bond motifs is 2. The highest BCUT2D eigenvalue weighted by molar-refractivity contribution is 6.07. The Hall–Kier alpha value is -6.39. The summed E-state index contributed by atoms with van der Waals surface area (Å²) >= 11 is 0. The molecular formula is C38H40N10O10. The van der Waals surface area contributed by atoms with Crippen LogP contribution in [0.1, 0.15) is 32.9 Å². The molecule has 1 fully saturated rings. The number of anilines is 2. The van der Waals surface area contributed by atoms with E-state index in [1.54, 1.807) is 36.4 Å². The van der Waals surface area contributed by atoms with Crippen LogP contribution in [0.4, 0.5) is 11.6 Å². The number of nitrogens with two attached hydrogens (primary N) is 2. The zero-order valence-corrected chi connectivity index (χ0v) is 30.7. The van der Waals surface area contributed by atoms with Gasteiger partial charge in [0.1, 0.15) is 90.2 Å². The molecule has 0 bridgehead atoms. The molecule has 58 heavy (non-hydrogen) atoms. The van der Waals surface area contributed by atoms with Crippen LogP contribution in [0, 0.1) is 0 Å². The number of aliphatic hydroxyl groups is 4. The van der Waals surface area contributed by atoms with Gasteiger partial charge in [-0.05, 0) is 24.3 Å². The second-order valence-corrected chi connectivity index (χ2v) is 13.0. The topological polar surface area (TPSA) is 297 Å². The van der Waals surface area contributed by atoms with Crippen LogP contribution >= 0.6 is 0 Å². The Morgan fingerprint density at radius 2 is 1.29 bits per heavy atom. The van der Waals surface area contributed by atoms with Gasteiger partial charge in [-0.3, -0.25) is 9.59 Å². The van der Waals surface area contributed by atoms with Crippen LogP contribution in [0.25, 0.3) is 21.8 Å². The Kier molecular flexibility index (Phi) is 12.2. The van der Waals surface area contributed by atoms with Crippen molar-refractivity contribution in [3.05, 3.63) is 96.1 Å². The Labute approximate surface area is 329 Å². The second-order valence-electron chi connectivity index (χ2n) is 13.0. The van der Waals surface area contributed by atoms with Gasteiger partial charge in [-0.2, -0.15) is 0 Å². The average molecular weight is 797 g/mol. The number of ether oxygens (including phenoxy) is 4. The van der Waals surface area contributed by atoms with E-state index in [0.29, 0.717) is 33.3 Å². The first-order chi connectivity index (χ1) is 28.1. The molecule has 2 amide bonds. The molecule has 5 atom stereocenters. The minimum absolute atomic E-state index is 0.0320. The molecule has 10 N–H and O–H groups in total. The molecule has 0 saturated carbocycles. The van der Waals surface area contributed by atoms with E-state index in [1.807, 2.05) is 24.3 Å². The molecule has 20 heteroatoms. The number of hydrogen-bond donors (Lipinski definition) is 8. The standard InChI is InChI=1S/C38H40N10O10/c39-9-11-55-28-15-31(42-24-7-3-1-5-22(24)28)44-36(53)26-13-21(57-19-20-17-48(47-46-20)38-35(52)34(51)33(50)30(18-49)58-38)14-27(41-26)37(54)45-32-16-29(56-12-10-40)23-6-2-4-8-25(23)43-32/h1-8,13-17,30,33-35,38,49-52H,9-12,18-19,39-40H2,(H,42,44,53)(H,43,45,54)/t30-,33-,34+,35-,38+/m1/s1. The zero-order valence-electron chi connectivity index (χ0n) is 30.7. The van der Waals surface area contributed by atoms with Crippen molar-refractivity contribution in [1.82, 2.24) is 29.9 Å². The van der Waals surface area contributed by atoms with Gasteiger partial charge in [-0.15, -0.1) is 5.10 Å². The molecule has 302 valence electrons. The van der Waals surface area contributed by atoms with Crippen molar-refractivity contribution in [3.63, 3.8) is 0 Å². The van der Waals surface area contributed by atoms with Crippen LogP contribution in [0.15, 0.2) is 79.0 Å². The van der Waals surface area contributed by atoms with Gasteiger partial charge < -0.3 is 61.5 Å². The molecule has 5 heterocycles. The van der Waals surface area contributed by atoms with E-state index in [0.717, 1.165) is 4.68 Å². The third-order valence-electron chi connectivity index (χ3n) is 8.93. The molecule has 0 unspecified atom stereocenters. The van der Waals surface area contributed by atoms with Crippen molar-refractivity contribution >= 4 is 45.3 Å². The lowest BCUT2D eigenvalue weighted by Crippen LogP contribution is -2.56. The van der Waals surface area contributed by atoms with Crippen molar-refractivity contribution in [2.75, 3.05) is 43.5 Å². The first kappa shape index (κ1) is 39.8. The van der Waals surface area contributed by atoms with E-state index in [-0.39, 0.29) is 67.4 Å². The molecule has 1 aliphatic heterocycles. The molecule has 0 spiro atoms. The average Bonchev–Trinajstić information content (AvgIpc) is 3.72. The fraction of sp³-hybridized carbons (Fsp3) is 0.289. The predicted octanol–water partition coefficient (Wildman–Crippen LogP) is 0.501. The Bertz CT molecular complexity index is 2290. The zero-order chi connectivity index (χ0) is 40.8. The number of nitrogens with zero attached hydrogens (tertiary/aromatic N) is 6. The van der Waals surface area contributed by atoms with E-state index < -0.39 is 49.1 Å². The third kappa shape index (κ3) is 8.77. The summed E-state index contributed by atoms with van der Waals surface area (Å²) < 4.78 is 24.3. The largest absolute Gasteiger partial charge is 0.491 e. The van der Waals surface area contributed by atoms with Crippen LogP contribution in [-0.4, -0.2) is 120 Å². The van der Waals surface area contributed by atoms with Crippen LogP contribution in [0.5, 0.6) is 17.2 Å². The summed E-state index contributed by atoms with van der Waals surface area (Å²) in [6.07, 6.45) is -5.88. The van der Waals surface area contributed by atoms with Gasteiger partial charge in [0.2, 0.25) is 0 Å². The molecule has 0 aliphatic carbocycles. The first-order valence-corrected chi connectivity index (χ1v) is 18.1. The fourth-order valence-corrected chi connectivity index (χ4v) is 6.14. The number of aromatic nitrogens is 6. The number of amides is 2. The molecule has 20 nitrogen and oxygen atoms in total. The highest BCUT2D eigenvalue weighted by Gasteiger charge is 2.44. The van der Waals surface area contributed by atoms with Gasteiger partial charge in [0, 0.05) is 48.1 Å². The van der Waals surface area contributed by atoms with Gasteiger partial charge in [0.15, 0.2) is 6.23 Å². The van der Waals surface area contributed by atoms with Crippen molar-refractivity contribution in [2.24, 2.45) is 11.5 Å². The monoisotopic (exact) mass is 796 g/mol. The number of para-hydroxylation sites is 2. The lowest BCUT2D eigenvalue weighted by atomic mass is 9.98. The van der Waals surface area contributed by atoms with E-state index >= 15 is 0 Å². The molecular weight excluding hydrogens is 756 g/mol. The first-order valence-electron chi connectivity index (χ1n) is 18.1. The maximum Gasteiger partial charge on any atom is 0.275 e. The normalized spacial score (nSPS) is 19.2. The lowest BCUT2D eigenvalue weighted by Gasteiger charge is -2.39. The molecule has 1 aliphatic rings. The molecule has 7 rings (SSSR count). The number of hydrogen-bond acceptors (Lipinski definition) is 17. The number of rotatable bonds is 15. The van der Waals surface area contributed by atoms with Crippen LogP contribution in [0.3, 0.4) is 0 Å². The van der Waals surface area contributed by atoms with Crippen molar-refractivity contribution in [2.45, 2.75) is 37.3 Å². The van der Waals surface area contributed by atoms with E-state index in [1.165, 1.54) is 18.3 Å². The van der Waals surface area contributed by atoms with Crippen molar-refractivity contribution in [3.8, 4) is 17.2 Å². The SMILES string of the molecule is NCCOc1cc(NC(=O)c2cc(OCc3cn([C@H]4O[C@H](CO)[C@@H](O)[C@H](O)[C@H]4O)nn3)cc(C(=O)Nc3cc(OCCN)c4ccccc4n3)n2)nc2ccccc12. The van der Waals surface area contributed by atoms with Gasteiger partial charge in [0.05, 0.1) is 23.8 Å². The van der Waals surface area contributed by atoms with E-state index in [4.69, 9.17) is 30.4 Å². The van der Waals surface area contributed by atoms with Crippen molar-refractivity contribution in [1.29, 1.82) is 0 Å². The molecule has 1 saturated heterocycles. The van der Waals surface area contributed by atoms with Gasteiger partial charge in [-0.1, -0.05) is 29.5 Å². The number of pyridine rings is 3. The van der Waals surface area contributed by atoms with Gasteiger partial charge >= 0.3 is 0 Å². The maximum absolute atomic E-state index is 13.8. The smallest absolute Gasteiger partial charge is 0.275 e. The third-order valence-corrected chi connectivity index (χ3v) is 8.93. The number of benzene rings is 2. The fourth-order valence-electron chi connectivity index (χ4n) is 6.14. The highest BCUT2D eigenvalue weighted by Crippen LogP contribution is 2.31. The summed E-state index contributed by atoms with van der Waals surface area (Å²) in [5, 5.41) is 55.3. The van der Waals surface area contributed by atoms with Gasteiger partial charge in [0.25, 0.3) is 11.8 Å². The van der Waals surface area contributed by atoms with Gasteiger partial charge in [-0.25, -0.2) is 19.6 Å². The Morgan fingerprint density at radius 3 is 1.83 bits per heavy atom. The quantitative estimate of drug-likeness (QED) is 0.0702. The molecule has 4 aromatic heterocycles. The minimum Gasteiger partial charge on any atom is -0.491 e. The lowest BCUT2D eigenvalue weighted by molar-refractivity contribution is -0.254. The Morgan fingerprint density at radius 1 is 0.741 bits per heavy atom. The van der Waals surface area contributed by atoms with E-state index in [2.05, 4.69) is 35.9 Å². The second kappa shape index (κ2) is 17.8. The summed E-state index contributed by atoms with van der Waals surface area (Å²) in [4.78, 5) is 41.1. The van der Waals surface area contributed by atoms with Crippen LogP contribution in [-0.2, 0) is 11.3 Å². The summed E-state index contributed by atoms with van der Waals surface area (Å²) in [7, 11) is 0. The highest BCUT2D eigenvalue weighted by atomic mass is 16.6. The number of carbonyl (C=O) groups is 2. The molecule has 0 radical (unpaired) electrons. The maximum atomic E-state index is 13.8. The van der Waals surface area contributed by atoms with Crippen LogP contribution < -0.4 is 36.3 Å². The predicted molar refractivity (Wildman–Crippen MR) is 206 cm³/mol. The Balaban J connectivity index is 1.17. The molecule has 6 aromatic rings. The van der Waals surface area contributed by atoms with Crippen molar-refractivity contribution < 1.29 is 49.0 Å². The summed E-state index contributed by atoms with van der Waals surface area (Å²) in [6.45, 7) is 0.0982. The van der Waals surface area contributed by atoms with Crippen LogP contribution in [0.2, 0.25) is 0 Å². The number of aliphatic hydroxyl groups excluding tert-OH is 4. The number of carbonyl (C=O) groups excluding carboxylic acids is 2. The van der Waals surface area contributed by atoms with E-state index in [9.17, 15) is 30.0 Å². The summed E-state index contributed by atoms with van der Waals surface area (Å²) in [5.74, 6) is -0.250.